The highest BCUT2D eigenvalue weighted by molar-refractivity contribution is 6.01. The molecule has 7 nitrogen and oxygen atoms in total. The number of ketones is 2. The van der Waals surface area contributed by atoms with Gasteiger partial charge in [-0.15, -0.1) is 0 Å². The number of allylic oxidation sites excluding steroid dienone is 4. The van der Waals surface area contributed by atoms with Crippen LogP contribution < -0.4 is 4.90 Å². The van der Waals surface area contributed by atoms with E-state index < -0.39 is 17.1 Å². The molecule has 4 aliphatic carbocycles. The van der Waals surface area contributed by atoms with Gasteiger partial charge < -0.3 is 15.1 Å². The minimum atomic E-state index is -1.42. The Morgan fingerprint density at radius 3 is 2.68 bits per heavy atom. The maximum absolute atomic E-state index is 13.8. The molecule has 7 atom stereocenters. The smallest absolute Gasteiger partial charge is 0.178 e. The molecule has 0 spiro atoms. The Hall–Kier alpha value is -2.35. The number of rotatable bonds is 4. The van der Waals surface area contributed by atoms with Gasteiger partial charge in [-0.2, -0.15) is 0 Å². The molecule has 1 aliphatic heterocycles. The molecule has 5 aliphatic rings. The largest absolute Gasteiger partial charge is 0.393 e. The van der Waals surface area contributed by atoms with Crippen LogP contribution in [0.2, 0.25) is 0 Å². The number of carbonyl (C=O) groups excluding carboxylic acids is 2. The third-order valence-electron chi connectivity index (χ3n) is 10.8. The molecule has 3 saturated carbocycles. The lowest BCUT2D eigenvalue weighted by molar-refractivity contribution is -0.177. The monoisotopic (exact) mass is 505 g/mol. The molecule has 0 radical (unpaired) electrons. The summed E-state index contributed by atoms with van der Waals surface area (Å²) in [5.74, 6) is 1.30. The van der Waals surface area contributed by atoms with Crippen molar-refractivity contribution in [2.75, 3.05) is 37.6 Å². The molecule has 1 aromatic heterocycles. The molecule has 2 heterocycles. The first kappa shape index (κ1) is 25.0. The van der Waals surface area contributed by atoms with Gasteiger partial charge in [-0.3, -0.25) is 14.5 Å². The molecular weight excluding hydrogens is 466 g/mol. The van der Waals surface area contributed by atoms with Crippen LogP contribution in [-0.2, 0) is 9.59 Å². The standard InChI is InChI=1S/C30H39N3O4/c1-28-10-8-21(34)17-20(28)6-7-22-23-9-11-30(37,29(23,2)18-24(35)27(22)28)25(36)19-32-13-15-33(16-14-32)26-5-3-4-12-31-26/h3-5,8,10,12,17,22-24,27,35,37H,6-7,9,11,13-16,18-19H2,1-2H3/t22-,23-,24?,27+,28-,29-,30-/m0/s1. The normalized spacial score (nSPS) is 41.6. The summed E-state index contributed by atoms with van der Waals surface area (Å²) in [4.78, 5) is 34.7. The zero-order valence-electron chi connectivity index (χ0n) is 22.0. The fourth-order valence-electron chi connectivity index (χ4n) is 8.80. The number of anilines is 1. The van der Waals surface area contributed by atoms with Crippen LogP contribution in [0.3, 0.4) is 0 Å². The van der Waals surface area contributed by atoms with Gasteiger partial charge in [-0.1, -0.05) is 31.6 Å². The van der Waals surface area contributed by atoms with Gasteiger partial charge in [0.15, 0.2) is 11.6 Å². The average Bonchev–Trinajstić information content (AvgIpc) is 3.16. The van der Waals surface area contributed by atoms with Gasteiger partial charge in [0.05, 0.1) is 12.6 Å². The number of hydrogen-bond acceptors (Lipinski definition) is 7. The highest BCUT2D eigenvalue weighted by Crippen LogP contribution is 2.67. The fraction of sp³-hybridized carbons (Fsp3) is 0.633. The Kier molecular flexibility index (Phi) is 5.97. The van der Waals surface area contributed by atoms with E-state index in [1.807, 2.05) is 24.3 Å². The number of pyridine rings is 1. The lowest BCUT2D eigenvalue weighted by atomic mass is 9.46. The molecule has 1 aromatic rings. The second-order valence-corrected chi connectivity index (χ2v) is 12.5. The Morgan fingerprint density at radius 1 is 1.16 bits per heavy atom. The van der Waals surface area contributed by atoms with Gasteiger partial charge in [0.25, 0.3) is 0 Å². The fourth-order valence-corrected chi connectivity index (χ4v) is 8.80. The molecule has 1 unspecified atom stereocenters. The lowest BCUT2D eigenvalue weighted by Crippen LogP contribution is -2.62. The van der Waals surface area contributed by atoms with Crippen LogP contribution in [0.4, 0.5) is 5.82 Å². The van der Waals surface area contributed by atoms with E-state index in [2.05, 4.69) is 28.6 Å². The minimum absolute atomic E-state index is 0.00653. The molecule has 0 amide bonds. The summed E-state index contributed by atoms with van der Waals surface area (Å²) in [6.07, 6.45) is 10.00. The predicted molar refractivity (Wildman–Crippen MR) is 141 cm³/mol. The summed E-state index contributed by atoms with van der Waals surface area (Å²) in [5.41, 5.74) is -1.28. The van der Waals surface area contributed by atoms with Gasteiger partial charge in [0, 0.05) is 49.1 Å². The van der Waals surface area contributed by atoms with E-state index in [0.29, 0.717) is 12.8 Å². The molecule has 2 N–H and O–H groups in total. The van der Waals surface area contributed by atoms with Gasteiger partial charge in [-0.25, -0.2) is 4.98 Å². The predicted octanol–water partition coefficient (Wildman–Crippen LogP) is 2.78. The van der Waals surface area contributed by atoms with E-state index in [9.17, 15) is 19.8 Å². The van der Waals surface area contributed by atoms with Crippen molar-refractivity contribution in [3.05, 3.63) is 48.2 Å². The zero-order chi connectivity index (χ0) is 26.0. The topological polar surface area (TPSA) is 94.0 Å². The molecule has 4 fully saturated rings. The van der Waals surface area contributed by atoms with Crippen LogP contribution in [0.25, 0.3) is 0 Å². The second kappa shape index (κ2) is 8.85. The highest BCUT2D eigenvalue weighted by atomic mass is 16.3. The molecule has 7 heteroatoms. The minimum Gasteiger partial charge on any atom is -0.393 e. The van der Waals surface area contributed by atoms with E-state index in [1.54, 1.807) is 18.3 Å². The van der Waals surface area contributed by atoms with Crippen LogP contribution in [0.5, 0.6) is 0 Å². The van der Waals surface area contributed by atoms with Gasteiger partial charge in [-0.05, 0) is 68.2 Å². The summed E-state index contributed by atoms with van der Waals surface area (Å²) < 4.78 is 0. The average molecular weight is 506 g/mol. The number of Topliss-reactive ketones (excluding diaryl/α,β-unsaturated/α-hetero) is 1. The van der Waals surface area contributed by atoms with Crippen LogP contribution in [-0.4, -0.2) is 76.1 Å². The molecular formula is C30H39N3O4. The summed E-state index contributed by atoms with van der Waals surface area (Å²) in [5, 5.41) is 23.6. The van der Waals surface area contributed by atoms with Crippen molar-refractivity contribution in [2.24, 2.45) is 28.6 Å². The number of aromatic nitrogens is 1. The van der Waals surface area contributed by atoms with Crippen molar-refractivity contribution in [2.45, 2.75) is 57.7 Å². The summed E-state index contributed by atoms with van der Waals surface area (Å²) in [6.45, 7) is 7.56. The van der Waals surface area contributed by atoms with Crippen molar-refractivity contribution in [1.29, 1.82) is 0 Å². The first-order valence-corrected chi connectivity index (χ1v) is 13.9. The third kappa shape index (κ3) is 3.76. The van der Waals surface area contributed by atoms with Crippen molar-refractivity contribution >= 4 is 17.4 Å². The van der Waals surface area contributed by atoms with Gasteiger partial charge >= 0.3 is 0 Å². The zero-order valence-corrected chi connectivity index (χ0v) is 22.0. The number of carbonyl (C=O) groups is 2. The Balaban J connectivity index is 1.17. The third-order valence-corrected chi connectivity index (χ3v) is 10.8. The molecule has 1 saturated heterocycles. The van der Waals surface area contributed by atoms with E-state index >= 15 is 0 Å². The number of aliphatic hydroxyl groups is 2. The first-order valence-electron chi connectivity index (χ1n) is 13.9. The first-order chi connectivity index (χ1) is 17.7. The highest BCUT2D eigenvalue weighted by Gasteiger charge is 2.68. The van der Waals surface area contributed by atoms with Crippen LogP contribution in [0.1, 0.15) is 46.0 Å². The number of nitrogens with zero attached hydrogens (tertiary/aromatic N) is 3. The number of fused-ring (bicyclic) bond motifs is 5. The van der Waals surface area contributed by atoms with E-state index in [0.717, 1.165) is 56.8 Å². The number of aliphatic hydroxyl groups excluding tert-OH is 1. The Labute approximate surface area is 219 Å². The summed E-state index contributed by atoms with van der Waals surface area (Å²) in [6, 6.07) is 5.91. The second-order valence-electron chi connectivity index (χ2n) is 12.5. The number of hydrogen-bond donors (Lipinski definition) is 2. The summed E-state index contributed by atoms with van der Waals surface area (Å²) >= 11 is 0. The van der Waals surface area contributed by atoms with E-state index in [-0.39, 0.29) is 41.3 Å². The van der Waals surface area contributed by atoms with Crippen molar-refractivity contribution < 1.29 is 19.8 Å². The van der Waals surface area contributed by atoms with E-state index in [4.69, 9.17) is 0 Å². The van der Waals surface area contributed by atoms with Crippen LogP contribution >= 0.6 is 0 Å². The number of piperazine rings is 1. The SMILES string of the molecule is C[C@]12C=CC(=O)C=C1CC[C@@H]1[C@@H]2C(O)C[C@@]2(C)[C@H]1CC[C@]2(O)C(=O)CN1CCN(c2ccccn2)CC1. The van der Waals surface area contributed by atoms with Crippen molar-refractivity contribution in [3.63, 3.8) is 0 Å². The maximum atomic E-state index is 13.8. The van der Waals surface area contributed by atoms with Gasteiger partial charge in [0.1, 0.15) is 11.4 Å². The quantitative estimate of drug-likeness (QED) is 0.650. The molecule has 198 valence electrons. The van der Waals surface area contributed by atoms with Crippen LogP contribution in [0.15, 0.2) is 48.2 Å². The maximum Gasteiger partial charge on any atom is 0.178 e. The molecule has 37 heavy (non-hydrogen) atoms. The Morgan fingerprint density at radius 2 is 1.95 bits per heavy atom. The molecule has 0 aromatic carbocycles. The Bertz CT molecular complexity index is 1140. The molecule has 6 rings (SSSR count). The lowest BCUT2D eigenvalue weighted by Gasteiger charge is -2.59. The molecule has 0 bridgehead atoms. The van der Waals surface area contributed by atoms with Gasteiger partial charge in [0.2, 0.25) is 0 Å². The van der Waals surface area contributed by atoms with Crippen molar-refractivity contribution in [1.82, 2.24) is 9.88 Å². The van der Waals surface area contributed by atoms with E-state index in [1.165, 1.54) is 0 Å². The van der Waals surface area contributed by atoms with Crippen LogP contribution in [0, 0.1) is 28.6 Å². The summed E-state index contributed by atoms with van der Waals surface area (Å²) in [7, 11) is 0. The van der Waals surface area contributed by atoms with Crippen molar-refractivity contribution in [3.8, 4) is 0 Å².